The van der Waals surface area contributed by atoms with Crippen LogP contribution in [0.2, 0.25) is 0 Å². The molecule has 1 aliphatic heterocycles. The lowest BCUT2D eigenvalue weighted by molar-refractivity contribution is -0.104. The number of carbonyl (C=O) groups is 1. The van der Waals surface area contributed by atoms with Crippen molar-refractivity contribution in [2.45, 2.75) is 0 Å². The van der Waals surface area contributed by atoms with Gasteiger partial charge in [0.2, 0.25) is 0 Å². The summed E-state index contributed by atoms with van der Waals surface area (Å²) in [5.41, 5.74) is 4.38. The van der Waals surface area contributed by atoms with Crippen LogP contribution in [0.5, 0.6) is 0 Å². The monoisotopic (exact) mass is 362 g/mol. The second-order valence-electron chi connectivity index (χ2n) is 7.51. The second kappa shape index (κ2) is 6.26. The first kappa shape index (κ1) is 16.1. The van der Waals surface area contributed by atoms with Gasteiger partial charge >= 0.3 is 0 Å². The maximum absolute atomic E-state index is 10.5. The topological polar surface area (TPSA) is 67.5 Å². The average molecular weight is 362 g/mol. The van der Waals surface area contributed by atoms with Crippen LogP contribution in [0.15, 0.2) is 49.2 Å². The van der Waals surface area contributed by atoms with Gasteiger partial charge in [-0.05, 0) is 36.0 Å². The smallest absolute Gasteiger partial charge is 0.144 e. The number of nitrogens with one attached hydrogen (secondary N) is 1. The number of nitrogens with zero attached hydrogens (tertiary/aromatic N) is 5. The van der Waals surface area contributed by atoms with Crippen molar-refractivity contribution in [1.82, 2.24) is 24.3 Å². The van der Waals surface area contributed by atoms with Gasteiger partial charge in [0, 0.05) is 56.4 Å². The standard InChI is InChI=1S/C20H22N6O/c1-24-10-15(8-23-24)14-7-19(20-3-4-22-26(20)11-14)21-9-16-17-12-25(5-2-6-27)13-18(16)17/h2-8,10-11,16-18,21H,9,12-13H2,1H3/b5-2+. The van der Waals surface area contributed by atoms with Crippen LogP contribution in [0.1, 0.15) is 0 Å². The highest BCUT2D eigenvalue weighted by Crippen LogP contribution is 2.51. The number of hydrogen-bond acceptors (Lipinski definition) is 5. The van der Waals surface area contributed by atoms with E-state index in [1.807, 2.05) is 53.3 Å². The van der Waals surface area contributed by atoms with Gasteiger partial charge in [-0.15, -0.1) is 0 Å². The molecule has 5 rings (SSSR count). The molecule has 0 aromatic carbocycles. The molecule has 0 radical (unpaired) electrons. The highest BCUT2D eigenvalue weighted by Gasteiger charge is 2.54. The van der Waals surface area contributed by atoms with Crippen molar-refractivity contribution in [3.8, 4) is 11.1 Å². The van der Waals surface area contributed by atoms with E-state index in [0.29, 0.717) is 5.92 Å². The summed E-state index contributed by atoms with van der Waals surface area (Å²) >= 11 is 0. The molecule has 0 bridgehead atoms. The van der Waals surface area contributed by atoms with E-state index < -0.39 is 0 Å². The lowest BCUT2D eigenvalue weighted by Crippen LogP contribution is -2.21. The maximum atomic E-state index is 10.5. The summed E-state index contributed by atoms with van der Waals surface area (Å²) in [6, 6.07) is 4.22. The van der Waals surface area contributed by atoms with Gasteiger partial charge in [-0.25, -0.2) is 4.52 Å². The SMILES string of the molecule is Cn1cc(-c2cc(NCC3C4CN(/C=C/C=O)CC34)c3ccnn3c2)cn1. The number of likely N-dealkylation sites (tertiary alicyclic amines) is 1. The lowest BCUT2D eigenvalue weighted by atomic mass is 10.1. The molecule has 138 valence electrons. The molecule has 7 heteroatoms. The van der Waals surface area contributed by atoms with Crippen LogP contribution >= 0.6 is 0 Å². The predicted octanol–water partition coefficient (Wildman–Crippen LogP) is 2.04. The van der Waals surface area contributed by atoms with E-state index in [4.69, 9.17) is 0 Å². The Hall–Kier alpha value is -3.09. The molecule has 1 saturated carbocycles. The number of carbonyl (C=O) groups excluding carboxylic acids is 1. The summed E-state index contributed by atoms with van der Waals surface area (Å²) in [5, 5.41) is 12.4. The fraction of sp³-hybridized carbons (Fsp3) is 0.350. The first-order chi connectivity index (χ1) is 13.2. The summed E-state index contributed by atoms with van der Waals surface area (Å²) in [5.74, 6) is 2.17. The summed E-state index contributed by atoms with van der Waals surface area (Å²) in [4.78, 5) is 12.7. The number of aryl methyl sites for hydroxylation is 1. The predicted molar refractivity (Wildman–Crippen MR) is 103 cm³/mol. The Bertz CT molecular complexity index is 1010. The summed E-state index contributed by atoms with van der Waals surface area (Å²) in [6.45, 7) is 3.08. The van der Waals surface area contributed by atoms with E-state index in [2.05, 4.69) is 26.5 Å². The minimum atomic E-state index is 0.705. The fourth-order valence-corrected chi connectivity index (χ4v) is 4.39. The molecule has 3 aromatic rings. The Morgan fingerprint density at radius 2 is 2.07 bits per heavy atom. The van der Waals surface area contributed by atoms with E-state index in [-0.39, 0.29) is 0 Å². The van der Waals surface area contributed by atoms with E-state index in [0.717, 1.165) is 60.1 Å². The van der Waals surface area contributed by atoms with Gasteiger partial charge in [0.05, 0.1) is 23.6 Å². The van der Waals surface area contributed by atoms with Gasteiger partial charge in [0.15, 0.2) is 0 Å². The van der Waals surface area contributed by atoms with E-state index in [1.54, 1.807) is 6.08 Å². The highest BCUT2D eigenvalue weighted by molar-refractivity contribution is 5.78. The Morgan fingerprint density at radius 3 is 2.81 bits per heavy atom. The molecule has 27 heavy (non-hydrogen) atoms. The third-order valence-corrected chi connectivity index (χ3v) is 5.85. The number of pyridine rings is 1. The fourth-order valence-electron chi connectivity index (χ4n) is 4.39. The number of anilines is 1. The molecular formula is C20H22N6O. The van der Waals surface area contributed by atoms with Gasteiger partial charge < -0.3 is 10.2 Å². The zero-order chi connectivity index (χ0) is 18.4. The Balaban J connectivity index is 1.31. The highest BCUT2D eigenvalue weighted by atomic mass is 16.1. The first-order valence-corrected chi connectivity index (χ1v) is 9.29. The van der Waals surface area contributed by atoms with Crippen molar-refractivity contribution in [1.29, 1.82) is 0 Å². The number of aldehydes is 1. The molecule has 7 nitrogen and oxygen atoms in total. The molecule has 1 saturated heterocycles. The minimum absolute atomic E-state index is 0.705. The van der Waals surface area contributed by atoms with Gasteiger partial charge in [-0.3, -0.25) is 9.48 Å². The Morgan fingerprint density at radius 1 is 1.22 bits per heavy atom. The van der Waals surface area contributed by atoms with Gasteiger partial charge in [0.1, 0.15) is 6.29 Å². The molecule has 2 aliphatic rings. The second-order valence-corrected chi connectivity index (χ2v) is 7.51. The third-order valence-electron chi connectivity index (χ3n) is 5.85. The molecule has 3 aromatic heterocycles. The molecule has 4 heterocycles. The number of fused-ring (bicyclic) bond motifs is 2. The van der Waals surface area contributed by atoms with Gasteiger partial charge in [-0.1, -0.05) is 0 Å². The molecule has 2 atom stereocenters. The molecule has 1 N–H and O–H groups in total. The van der Waals surface area contributed by atoms with Gasteiger partial charge in [0.25, 0.3) is 0 Å². The Labute approximate surface area is 157 Å². The normalized spacial score (nSPS) is 23.9. The largest absolute Gasteiger partial charge is 0.383 e. The van der Waals surface area contributed by atoms with Crippen molar-refractivity contribution in [3.63, 3.8) is 0 Å². The van der Waals surface area contributed by atoms with Crippen LogP contribution in [0.3, 0.4) is 0 Å². The summed E-state index contributed by atoms with van der Waals surface area (Å²) in [7, 11) is 1.93. The van der Waals surface area contributed by atoms with Crippen molar-refractivity contribution < 1.29 is 4.79 Å². The van der Waals surface area contributed by atoms with Crippen molar-refractivity contribution in [3.05, 3.63) is 49.2 Å². The van der Waals surface area contributed by atoms with Crippen LogP contribution in [-0.2, 0) is 11.8 Å². The quantitative estimate of drug-likeness (QED) is 0.537. The van der Waals surface area contributed by atoms with Crippen LogP contribution in [0, 0.1) is 17.8 Å². The van der Waals surface area contributed by atoms with Crippen LogP contribution in [0.25, 0.3) is 16.6 Å². The van der Waals surface area contributed by atoms with Crippen molar-refractivity contribution >= 4 is 17.5 Å². The minimum Gasteiger partial charge on any atom is -0.383 e. The molecule has 2 fully saturated rings. The number of piperidine rings is 1. The molecule has 1 aliphatic carbocycles. The number of rotatable bonds is 6. The third kappa shape index (κ3) is 2.89. The zero-order valence-electron chi connectivity index (χ0n) is 15.2. The maximum Gasteiger partial charge on any atom is 0.144 e. The number of hydrogen-bond donors (Lipinski definition) is 1. The average Bonchev–Trinajstić information content (AvgIpc) is 3.15. The van der Waals surface area contributed by atoms with Gasteiger partial charge in [-0.2, -0.15) is 10.2 Å². The van der Waals surface area contributed by atoms with Crippen molar-refractivity contribution in [2.24, 2.45) is 24.8 Å². The van der Waals surface area contributed by atoms with Crippen molar-refractivity contribution in [2.75, 3.05) is 25.0 Å². The molecule has 2 unspecified atom stereocenters. The molecular weight excluding hydrogens is 340 g/mol. The summed E-state index contributed by atoms with van der Waals surface area (Å²) in [6.07, 6.45) is 12.1. The first-order valence-electron chi connectivity index (χ1n) is 9.29. The van der Waals surface area contributed by atoms with Crippen LogP contribution < -0.4 is 5.32 Å². The van der Waals surface area contributed by atoms with Crippen LogP contribution in [0.4, 0.5) is 5.69 Å². The van der Waals surface area contributed by atoms with E-state index in [1.165, 1.54) is 0 Å². The lowest BCUT2D eigenvalue weighted by Gasteiger charge is -2.17. The molecule has 0 spiro atoms. The number of aromatic nitrogens is 4. The zero-order valence-corrected chi connectivity index (χ0v) is 15.2. The van der Waals surface area contributed by atoms with E-state index in [9.17, 15) is 4.79 Å². The summed E-state index contributed by atoms with van der Waals surface area (Å²) < 4.78 is 3.73. The van der Waals surface area contributed by atoms with Crippen LogP contribution in [-0.4, -0.2) is 50.2 Å². The van der Waals surface area contributed by atoms with E-state index >= 15 is 0 Å². The molecule has 0 amide bonds. The Kier molecular flexibility index (Phi) is 3.74. The number of allylic oxidation sites excluding steroid dienone is 1.